The van der Waals surface area contributed by atoms with E-state index in [1.165, 1.54) is 0 Å². The van der Waals surface area contributed by atoms with Crippen molar-refractivity contribution in [2.45, 2.75) is 70.6 Å². The fourth-order valence-corrected chi connectivity index (χ4v) is 3.25. The molecule has 0 saturated heterocycles. The lowest BCUT2D eigenvalue weighted by Gasteiger charge is -2.25. The van der Waals surface area contributed by atoms with Gasteiger partial charge in [-0.1, -0.05) is 11.8 Å². The van der Waals surface area contributed by atoms with Crippen LogP contribution in [0.4, 0.5) is 0 Å². The van der Waals surface area contributed by atoms with Crippen LogP contribution in [0.5, 0.6) is 0 Å². The molecule has 0 aliphatic rings. The summed E-state index contributed by atoms with van der Waals surface area (Å²) < 4.78 is 0. The van der Waals surface area contributed by atoms with E-state index in [1.54, 1.807) is 11.8 Å². The van der Waals surface area contributed by atoms with Crippen molar-refractivity contribution in [2.75, 3.05) is 5.75 Å². The monoisotopic (exact) mass is 306 g/mol. The summed E-state index contributed by atoms with van der Waals surface area (Å²) in [4.78, 5) is 8.85. The molecule has 0 spiro atoms. The number of aryl methyl sites for hydroxylation is 2. The molecule has 0 aliphatic carbocycles. The number of rotatable bonds is 8. The number of nitrogens with zero attached hydrogens (tertiary/aromatic N) is 3. The number of thioether (sulfide) groups is 1. The fraction of sp³-hybridized carbons (Fsp3) is 0.688. The maximum Gasteiger partial charge on any atom is 0.187 e. The van der Waals surface area contributed by atoms with Crippen molar-refractivity contribution in [1.82, 2.24) is 15.3 Å². The second kappa shape index (κ2) is 8.35. The van der Waals surface area contributed by atoms with Gasteiger partial charge in [-0.2, -0.15) is 5.26 Å². The summed E-state index contributed by atoms with van der Waals surface area (Å²) in [5.41, 5.74) is 1.61. The van der Waals surface area contributed by atoms with Crippen molar-refractivity contribution in [3.63, 3.8) is 0 Å². The SMILES string of the molecule is Cc1cc(C)nc(SCCCCC(C)(C#N)NC(C)C)n1. The first kappa shape index (κ1) is 17.9. The summed E-state index contributed by atoms with van der Waals surface area (Å²) in [5.74, 6) is 0.992. The molecule has 116 valence electrons. The Bertz CT molecular complexity index is 475. The summed E-state index contributed by atoms with van der Waals surface area (Å²) >= 11 is 1.70. The number of nitrogens with one attached hydrogen (secondary N) is 1. The Morgan fingerprint density at radius 2 is 1.90 bits per heavy atom. The van der Waals surface area contributed by atoms with Crippen molar-refractivity contribution in [3.8, 4) is 6.07 Å². The Morgan fingerprint density at radius 3 is 2.43 bits per heavy atom. The summed E-state index contributed by atoms with van der Waals surface area (Å²) in [7, 11) is 0. The molecule has 1 aromatic heterocycles. The molecule has 1 aromatic rings. The van der Waals surface area contributed by atoms with Crippen molar-refractivity contribution < 1.29 is 0 Å². The number of nitriles is 1. The first-order chi connectivity index (χ1) is 9.84. The highest BCUT2D eigenvalue weighted by atomic mass is 32.2. The van der Waals surface area contributed by atoms with Gasteiger partial charge in [0.05, 0.1) is 6.07 Å². The molecule has 1 rings (SSSR count). The maximum absolute atomic E-state index is 9.29. The van der Waals surface area contributed by atoms with E-state index in [9.17, 15) is 5.26 Å². The van der Waals surface area contributed by atoms with Gasteiger partial charge in [-0.05, 0) is 59.9 Å². The number of unbranched alkanes of at least 4 members (excludes halogenated alkanes) is 1. The Morgan fingerprint density at radius 1 is 1.29 bits per heavy atom. The Kier molecular flexibility index (Phi) is 7.13. The predicted molar refractivity (Wildman–Crippen MR) is 88.4 cm³/mol. The summed E-state index contributed by atoms with van der Waals surface area (Å²) in [5, 5.41) is 13.5. The van der Waals surface area contributed by atoms with Gasteiger partial charge in [-0.3, -0.25) is 5.32 Å². The highest BCUT2D eigenvalue weighted by Gasteiger charge is 2.23. The zero-order valence-corrected chi connectivity index (χ0v) is 14.5. The van der Waals surface area contributed by atoms with Crippen molar-refractivity contribution in [2.24, 2.45) is 0 Å². The van der Waals surface area contributed by atoms with Gasteiger partial charge in [0.1, 0.15) is 5.54 Å². The zero-order chi connectivity index (χ0) is 15.9. The van der Waals surface area contributed by atoms with Gasteiger partial charge in [0.25, 0.3) is 0 Å². The maximum atomic E-state index is 9.29. The normalized spacial score (nSPS) is 14.0. The molecule has 0 radical (unpaired) electrons. The lowest BCUT2D eigenvalue weighted by Crippen LogP contribution is -2.44. The summed E-state index contributed by atoms with van der Waals surface area (Å²) in [6.07, 6.45) is 2.97. The van der Waals surface area contributed by atoms with Crippen LogP contribution in [0.15, 0.2) is 11.2 Å². The zero-order valence-electron chi connectivity index (χ0n) is 13.7. The summed E-state index contributed by atoms with van der Waals surface area (Å²) in [6.45, 7) is 10.1. The van der Waals surface area contributed by atoms with E-state index in [-0.39, 0.29) is 0 Å². The molecule has 0 fully saturated rings. The molecule has 0 aliphatic heterocycles. The number of aromatic nitrogens is 2. The van der Waals surface area contributed by atoms with Gasteiger partial charge in [-0.15, -0.1) is 0 Å². The molecule has 21 heavy (non-hydrogen) atoms. The third-order valence-electron chi connectivity index (χ3n) is 3.12. The Balaban J connectivity index is 2.32. The molecule has 1 heterocycles. The molecule has 1 atom stereocenters. The molecule has 0 aromatic carbocycles. The van der Waals surface area contributed by atoms with Gasteiger partial charge < -0.3 is 0 Å². The van der Waals surface area contributed by atoms with Crippen LogP contribution in [0.3, 0.4) is 0 Å². The minimum Gasteiger partial charge on any atom is -0.297 e. The van der Waals surface area contributed by atoms with E-state index in [2.05, 4.69) is 35.2 Å². The average Bonchev–Trinajstić information content (AvgIpc) is 2.36. The molecule has 0 amide bonds. The first-order valence-electron chi connectivity index (χ1n) is 7.49. The predicted octanol–water partition coefficient (Wildman–Crippen LogP) is 3.64. The lowest BCUT2D eigenvalue weighted by atomic mass is 9.96. The van der Waals surface area contributed by atoms with Gasteiger partial charge in [0.2, 0.25) is 0 Å². The minimum absolute atomic E-state index is 0.327. The molecule has 1 N–H and O–H groups in total. The Hall–Kier alpha value is -1.12. The Labute approximate surface area is 132 Å². The second-order valence-corrected chi connectivity index (χ2v) is 7.04. The van der Waals surface area contributed by atoms with Gasteiger partial charge >= 0.3 is 0 Å². The average molecular weight is 306 g/mol. The topological polar surface area (TPSA) is 61.6 Å². The van der Waals surface area contributed by atoms with Crippen molar-refractivity contribution in [1.29, 1.82) is 5.26 Å². The fourth-order valence-electron chi connectivity index (χ4n) is 2.30. The van der Waals surface area contributed by atoms with Crippen molar-refractivity contribution >= 4 is 11.8 Å². The molecular formula is C16H26N4S. The van der Waals surface area contributed by atoms with Crippen LogP contribution in [-0.4, -0.2) is 27.3 Å². The van der Waals surface area contributed by atoms with E-state index in [0.29, 0.717) is 6.04 Å². The van der Waals surface area contributed by atoms with Gasteiger partial charge in [-0.25, -0.2) is 9.97 Å². The van der Waals surface area contributed by atoms with Crippen LogP contribution in [0.25, 0.3) is 0 Å². The van der Waals surface area contributed by atoms with Crippen molar-refractivity contribution in [3.05, 3.63) is 17.5 Å². The number of hydrogen-bond donors (Lipinski definition) is 1. The third kappa shape index (κ3) is 6.92. The van der Waals surface area contributed by atoms with Gasteiger partial charge in [0, 0.05) is 23.2 Å². The van der Waals surface area contributed by atoms with Crippen LogP contribution in [0.1, 0.15) is 51.4 Å². The second-order valence-electron chi connectivity index (χ2n) is 5.98. The molecule has 0 bridgehead atoms. The van der Waals surface area contributed by atoms with Crippen LogP contribution in [0, 0.1) is 25.2 Å². The molecule has 4 nitrogen and oxygen atoms in total. The lowest BCUT2D eigenvalue weighted by molar-refractivity contribution is 0.372. The third-order valence-corrected chi connectivity index (χ3v) is 4.05. The molecule has 0 saturated carbocycles. The van der Waals surface area contributed by atoms with E-state index < -0.39 is 5.54 Å². The largest absolute Gasteiger partial charge is 0.297 e. The molecule has 1 unspecified atom stereocenters. The smallest absolute Gasteiger partial charge is 0.187 e. The highest BCUT2D eigenvalue weighted by molar-refractivity contribution is 7.99. The van der Waals surface area contributed by atoms with Crippen LogP contribution < -0.4 is 5.32 Å². The summed E-state index contributed by atoms with van der Waals surface area (Å²) in [6, 6.07) is 4.70. The minimum atomic E-state index is -0.421. The number of hydrogen-bond acceptors (Lipinski definition) is 5. The molecular weight excluding hydrogens is 280 g/mol. The van der Waals surface area contributed by atoms with Crippen LogP contribution in [0.2, 0.25) is 0 Å². The first-order valence-corrected chi connectivity index (χ1v) is 8.47. The molecule has 5 heteroatoms. The van der Waals surface area contributed by atoms with E-state index >= 15 is 0 Å². The van der Waals surface area contributed by atoms with E-state index in [1.807, 2.05) is 26.8 Å². The van der Waals surface area contributed by atoms with Gasteiger partial charge in [0.15, 0.2) is 5.16 Å². The quantitative estimate of drug-likeness (QED) is 0.451. The van der Waals surface area contributed by atoms with Crippen LogP contribution in [-0.2, 0) is 0 Å². The van der Waals surface area contributed by atoms with E-state index in [0.717, 1.165) is 41.6 Å². The highest BCUT2D eigenvalue weighted by Crippen LogP contribution is 2.19. The standard InChI is InChI=1S/C16H26N4S/c1-12(2)20-16(5,11-17)8-6-7-9-21-15-18-13(3)10-14(4)19-15/h10,12,20H,6-9H2,1-5H3. The van der Waals surface area contributed by atoms with E-state index in [4.69, 9.17) is 0 Å². The van der Waals surface area contributed by atoms with Crippen LogP contribution >= 0.6 is 11.8 Å².